The molecular weight excluding hydrogens is 302 g/mol. The number of H-pyrrole nitrogens is 1. The summed E-state index contributed by atoms with van der Waals surface area (Å²) in [6.45, 7) is 6.66. The van der Waals surface area contributed by atoms with E-state index in [-0.39, 0.29) is 18.0 Å². The predicted molar refractivity (Wildman–Crippen MR) is 95.3 cm³/mol. The lowest BCUT2D eigenvalue weighted by atomic mass is 10.1. The molecule has 0 aliphatic heterocycles. The molecule has 0 unspecified atom stereocenters. The monoisotopic (exact) mass is 323 g/mol. The number of fused-ring (bicyclic) bond motifs is 1. The first-order chi connectivity index (χ1) is 11.5. The van der Waals surface area contributed by atoms with Crippen molar-refractivity contribution >= 4 is 16.8 Å². The molecule has 1 amide bonds. The van der Waals surface area contributed by atoms with Crippen molar-refractivity contribution in [1.29, 1.82) is 0 Å². The van der Waals surface area contributed by atoms with Gasteiger partial charge in [0.1, 0.15) is 5.69 Å². The number of aromatic amines is 1. The fraction of sp³-hybridized carbons (Fsp3) is 0.263. The van der Waals surface area contributed by atoms with Crippen molar-refractivity contribution in [3.63, 3.8) is 0 Å². The highest BCUT2D eigenvalue weighted by molar-refractivity contribution is 5.98. The van der Waals surface area contributed by atoms with Crippen molar-refractivity contribution in [3.05, 3.63) is 69.3 Å². The molecule has 0 bridgehead atoms. The van der Waals surface area contributed by atoms with Gasteiger partial charge in [0, 0.05) is 35.2 Å². The van der Waals surface area contributed by atoms with Crippen LogP contribution >= 0.6 is 0 Å². The summed E-state index contributed by atoms with van der Waals surface area (Å²) in [6, 6.07) is 11.7. The second-order valence-corrected chi connectivity index (χ2v) is 5.96. The van der Waals surface area contributed by atoms with Gasteiger partial charge < -0.3 is 14.9 Å². The van der Waals surface area contributed by atoms with E-state index in [2.05, 4.69) is 10.3 Å². The summed E-state index contributed by atoms with van der Waals surface area (Å²) < 4.78 is 1.98. The van der Waals surface area contributed by atoms with Crippen LogP contribution in [-0.2, 0) is 13.1 Å². The lowest BCUT2D eigenvalue weighted by molar-refractivity contribution is 0.0942. The topological polar surface area (TPSA) is 66.9 Å². The second kappa shape index (κ2) is 6.35. The maximum Gasteiger partial charge on any atom is 0.268 e. The minimum atomic E-state index is -0.174. The maximum atomic E-state index is 12.6. The molecule has 0 radical (unpaired) electrons. The Morgan fingerprint density at radius 1 is 1.21 bits per heavy atom. The van der Waals surface area contributed by atoms with Gasteiger partial charge in [-0.1, -0.05) is 18.2 Å². The summed E-state index contributed by atoms with van der Waals surface area (Å²) in [5.74, 6) is -0.174. The molecule has 0 saturated heterocycles. The van der Waals surface area contributed by atoms with Gasteiger partial charge in [0.2, 0.25) is 0 Å². The number of hydrogen-bond donors (Lipinski definition) is 2. The van der Waals surface area contributed by atoms with E-state index in [1.165, 1.54) is 0 Å². The van der Waals surface area contributed by atoms with E-state index in [1.807, 2.05) is 61.7 Å². The third-order valence-corrected chi connectivity index (χ3v) is 4.28. The molecule has 24 heavy (non-hydrogen) atoms. The smallest absolute Gasteiger partial charge is 0.268 e. The van der Waals surface area contributed by atoms with Crippen LogP contribution in [0.5, 0.6) is 0 Å². The Bertz CT molecular complexity index is 966. The minimum Gasteiger partial charge on any atom is -0.346 e. The number of rotatable bonds is 4. The number of para-hydroxylation sites is 1. The average Bonchev–Trinajstić information content (AvgIpc) is 2.92. The van der Waals surface area contributed by atoms with Crippen molar-refractivity contribution in [3.8, 4) is 0 Å². The molecule has 2 N–H and O–H groups in total. The zero-order valence-corrected chi connectivity index (χ0v) is 14.1. The Labute approximate surface area is 140 Å². The zero-order chi connectivity index (χ0) is 17.3. The minimum absolute atomic E-state index is 0.149. The molecule has 0 aliphatic carbocycles. The third-order valence-electron chi connectivity index (χ3n) is 4.28. The van der Waals surface area contributed by atoms with Gasteiger partial charge >= 0.3 is 0 Å². The van der Waals surface area contributed by atoms with Crippen LogP contribution in [0.15, 0.2) is 41.2 Å². The molecule has 0 saturated carbocycles. The van der Waals surface area contributed by atoms with E-state index in [4.69, 9.17) is 0 Å². The van der Waals surface area contributed by atoms with E-state index in [0.29, 0.717) is 17.8 Å². The van der Waals surface area contributed by atoms with Gasteiger partial charge in [0.25, 0.3) is 11.5 Å². The first-order valence-corrected chi connectivity index (χ1v) is 8.07. The van der Waals surface area contributed by atoms with Crippen LogP contribution in [0, 0.1) is 13.8 Å². The SMILES string of the molecule is CCn1c(C(=O)NCc2c(C)cc(C)[nH]c2=O)cc2ccccc21. The molecule has 5 heteroatoms. The van der Waals surface area contributed by atoms with Crippen LogP contribution in [-0.4, -0.2) is 15.5 Å². The van der Waals surface area contributed by atoms with Crippen LogP contribution in [0.2, 0.25) is 0 Å². The fourth-order valence-corrected chi connectivity index (χ4v) is 3.10. The summed E-state index contributed by atoms with van der Waals surface area (Å²) in [5, 5.41) is 3.91. The standard InChI is InChI=1S/C19H21N3O2/c1-4-22-16-8-6-5-7-14(16)10-17(22)19(24)20-11-15-12(2)9-13(3)21-18(15)23/h5-10H,4,11H2,1-3H3,(H,20,24)(H,21,23). The summed E-state index contributed by atoms with van der Waals surface area (Å²) >= 11 is 0. The van der Waals surface area contributed by atoms with Crippen LogP contribution < -0.4 is 10.9 Å². The van der Waals surface area contributed by atoms with E-state index >= 15 is 0 Å². The normalized spacial score (nSPS) is 11.0. The Morgan fingerprint density at radius 3 is 2.67 bits per heavy atom. The van der Waals surface area contributed by atoms with E-state index in [1.54, 1.807) is 0 Å². The Balaban J connectivity index is 1.87. The first kappa shape index (κ1) is 16.1. The highest BCUT2D eigenvalue weighted by Crippen LogP contribution is 2.19. The van der Waals surface area contributed by atoms with Crippen LogP contribution in [0.3, 0.4) is 0 Å². The fourth-order valence-electron chi connectivity index (χ4n) is 3.10. The average molecular weight is 323 g/mol. The Kier molecular flexibility index (Phi) is 4.25. The van der Waals surface area contributed by atoms with Gasteiger partial charge in [-0.2, -0.15) is 0 Å². The van der Waals surface area contributed by atoms with Gasteiger partial charge in [-0.05, 0) is 44.5 Å². The van der Waals surface area contributed by atoms with Crippen LogP contribution in [0.4, 0.5) is 0 Å². The third kappa shape index (κ3) is 2.85. The molecule has 1 aromatic carbocycles. The molecular formula is C19H21N3O2. The first-order valence-electron chi connectivity index (χ1n) is 8.07. The van der Waals surface area contributed by atoms with Gasteiger partial charge in [0.15, 0.2) is 0 Å². The van der Waals surface area contributed by atoms with Crippen LogP contribution in [0.25, 0.3) is 10.9 Å². The van der Waals surface area contributed by atoms with Gasteiger partial charge in [-0.25, -0.2) is 0 Å². The maximum absolute atomic E-state index is 12.6. The van der Waals surface area contributed by atoms with E-state index in [9.17, 15) is 9.59 Å². The molecule has 0 aliphatic rings. The quantitative estimate of drug-likeness (QED) is 0.775. The molecule has 124 valence electrons. The molecule has 0 spiro atoms. The molecule has 2 aromatic heterocycles. The number of nitrogens with one attached hydrogen (secondary N) is 2. The van der Waals surface area contributed by atoms with Crippen LogP contribution in [0.1, 0.15) is 34.2 Å². The zero-order valence-electron chi connectivity index (χ0n) is 14.1. The number of carbonyl (C=O) groups excluding carboxylic acids is 1. The lowest BCUT2D eigenvalue weighted by Crippen LogP contribution is -2.29. The summed E-state index contributed by atoms with van der Waals surface area (Å²) in [6.07, 6.45) is 0. The highest BCUT2D eigenvalue weighted by atomic mass is 16.2. The number of aromatic nitrogens is 2. The van der Waals surface area contributed by atoms with Crippen molar-refractivity contribution in [2.45, 2.75) is 33.9 Å². The molecule has 2 heterocycles. The summed E-state index contributed by atoms with van der Waals surface area (Å²) in [5.41, 5.74) is 3.79. The number of benzene rings is 1. The number of aryl methyl sites for hydroxylation is 3. The Morgan fingerprint density at radius 2 is 1.96 bits per heavy atom. The lowest BCUT2D eigenvalue weighted by Gasteiger charge is -2.10. The van der Waals surface area contributed by atoms with E-state index < -0.39 is 0 Å². The highest BCUT2D eigenvalue weighted by Gasteiger charge is 2.15. The predicted octanol–water partition coefficient (Wildman–Crippen LogP) is 2.90. The largest absolute Gasteiger partial charge is 0.346 e. The number of hydrogen-bond acceptors (Lipinski definition) is 2. The molecule has 3 rings (SSSR count). The molecule has 3 aromatic rings. The van der Waals surface area contributed by atoms with Crippen molar-refractivity contribution in [2.24, 2.45) is 0 Å². The molecule has 0 fully saturated rings. The van der Waals surface area contributed by atoms with Gasteiger partial charge in [-0.3, -0.25) is 9.59 Å². The summed E-state index contributed by atoms with van der Waals surface area (Å²) in [7, 11) is 0. The van der Waals surface area contributed by atoms with Crippen molar-refractivity contribution < 1.29 is 4.79 Å². The van der Waals surface area contributed by atoms with Gasteiger partial charge in [-0.15, -0.1) is 0 Å². The van der Waals surface area contributed by atoms with E-state index in [0.717, 1.165) is 22.2 Å². The summed E-state index contributed by atoms with van der Waals surface area (Å²) in [4.78, 5) is 27.4. The number of amides is 1. The van der Waals surface area contributed by atoms with Crippen molar-refractivity contribution in [1.82, 2.24) is 14.9 Å². The number of carbonyl (C=O) groups is 1. The number of pyridine rings is 1. The second-order valence-electron chi connectivity index (χ2n) is 5.96. The van der Waals surface area contributed by atoms with Crippen molar-refractivity contribution in [2.75, 3.05) is 0 Å². The molecule has 5 nitrogen and oxygen atoms in total. The van der Waals surface area contributed by atoms with Gasteiger partial charge in [0.05, 0.1) is 0 Å². The Hall–Kier alpha value is -2.82. The molecule has 0 atom stereocenters. The number of nitrogens with zero attached hydrogens (tertiary/aromatic N) is 1.